The third-order valence-corrected chi connectivity index (χ3v) is 39.1. The first kappa shape index (κ1) is 86.9. The molecule has 570 valence electrons. The Hall–Kier alpha value is -0.480. The molecule has 0 aromatic carbocycles. The molecule has 0 saturated heterocycles. The zero-order chi connectivity index (χ0) is 75.3. The first-order chi connectivity index (χ1) is 46.7. The van der Waals surface area contributed by atoms with E-state index in [0.717, 1.165) is 135 Å². The Morgan fingerprint density at radius 1 is 0.314 bits per heavy atom. The number of aliphatic carboxylic acids is 3. The van der Waals surface area contributed by atoms with Crippen LogP contribution >= 0.6 is 0 Å². The van der Waals surface area contributed by atoms with Crippen molar-refractivity contribution in [2.75, 3.05) is 0 Å². The summed E-state index contributed by atoms with van der Waals surface area (Å²) in [6, 6.07) is 0. The van der Waals surface area contributed by atoms with Crippen molar-refractivity contribution in [3.8, 4) is 0 Å². The molecule has 105 heavy (non-hydrogen) atoms. The summed E-state index contributed by atoms with van der Waals surface area (Å²) in [6.45, 7) is 47.1. The Balaban J connectivity index is 0.000000166. The molecule has 0 bridgehead atoms. The summed E-state index contributed by atoms with van der Waals surface area (Å²) in [7, 11) is 0. The second kappa shape index (κ2) is 27.1. The molecule has 12 saturated carbocycles. The second-order valence-electron chi connectivity index (χ2n) is 44.7. The minimum absolute atomic E-state index is 0. The number of carboxylic acids is 3. The molecule has 3 N–H and O–H groups in total. The van der Waals surface area contributed by atoms with Gasteiger partial charge in [0, 0.05) is 51.9 Å². The van der Waals surface area contributed by atoms with Gasteiger partial charge in [0.05, 0.1) is 18.3 Å². The number of allylic oxidation sites excluding steroid dienone is 6. The minimum Gasteiger partial charge on any atom is -0.550 e. The molecule has 15 aliphatic carbocycles. The van der Waals surface area contributed by atoms with Crippen LogP contribution in [0.3, 0.4) is 0 Å². The maximum atomic E-state index is 14.2. The van der Waals surface area contributed by atoms with Gasteiger partial charge < -0.3 is 45.0 Å². The minimum atomic E-state index is -0.940. The van der Waals surface area contributed by atoms with E-state index in [9.17, 15) is 59.4 Å². The van der Waals surface area contributed by atoms with Gasteiger partial charge in [0.25, 0.3) is 0 Å². The molecular weight excluding hydrogens is 1340 g/mol. The van der Waals surface area contributed by atoms with Crippen LogP contribution in [0.5, 0.6) is 0 Å². The molecule has 0 amide bonds. The van der Waals surface area contributed by atoms with Crippen molar-refractivity contribution in [1.29, 1.82) is 0 Å². The van der Waals surface area contributed by atoms with E-state index in [-0.39, 0.29) is 241 Å². The van der Waals surface area contributed by atoms with E-state index >= 15 is 0 Å². The van der Waals surface area contributed by atoms with Crippen molar-refractivity contribution in [1.82, 2.24) is 0 Å². The largest absolute Gasteiger partial charge is 1.00 e. The van der Waals surface area contributed by atoms with Crippen molar-refractivity contribution in [2.24, 2.45) is 151 Å². The first-order valence-corrected chi connectivity index (χ1v) is 41.1. The van der Waals surface area contributed by atoms with Gasteiger partial charge in [0.15, 0.2) is 17.3 Å². The monoisotopic (exact) mass is 1480 g/mol. The zero-order valence-electron chi connectivity index (χ0n) is 70.3. The Labute approximate surface area is 699 Å². The summed E-state index contributed by atoms with van der Waals surface area (Å²) in [6.07, 6.45) is 29.1. The predicted molar refractivity (Wildman–Crippen MR) is 391 cm³/mol. The summed E-state index contributed by atoms with van der Waals surface area (Å²) >= 11 is 0. The van der Waals surface area contributed by atoms with E-state index in [2.05, 4.69) is 125 Å². The number of rotatable bonds is 3. The third kappa shape index (κ3) is 11.9. The number of carbonyl (C=O) groups excluding carboxylic acids is 6. The van der Waals surface area contributed by atoms with Gasteiger partial charge in [0.2, 0.25) is 0 Å². The molecule has 12 nitrogen and oxygen atoms in total. The average Bonchev–Trinajstić information content (AvgIpc) is 0.683. The topological polar surface area (TPSA) is 232 Å². The van der Waals surface area contributed by atoms with Crippen molar-refractivity contribution in [3.63, 3.8) is 0 Å². The molecule has 15 heteroatoms. The van der Waals surface area contributed by atoms with Crippen LogP contribution in [-0.4, -0.2) is 68.9 Å². The molecule has 15 aliphatic rings. The molecule has 0 aromatic rings. The van der Waals surface area contributed by atoms with Gasteiger partial charge in [-0.25, -0.2) is 0 Å². The number of carboxylic acid groups (broad SMARTS) is 3. The number of hydrogen-bond donors (Lipinski definition) is 3. The fourth-order valence-electron chi connectivity index (χ4n) is 31.1. The Bertz CT molecular complexity index is 3280. The number of hydrogen-bond acceptors (Lipinski definition) is 12. The third-order valence-electron chi connectivity index (χ3n) is 39.1. The van der Waals surface area contributed by atoms with Gasteiger partial charge in [0.1, 0.15) is 0 Å². The quantitative estimate of drug-likeness (QED) is 0.267. The number of fused-ring (bicyclic) bond motifs is 21. The molecule has 12 fully saturated rings. The second-order valence-corrected chi connectivity index (χ2v) is 44.7. The molecule has 0 aliphatic heterocycles. The first-order valence-electron chi connectivity index (χ1n) is 41.1. The zero-order valence-corrected chi connectivity index (χ0v) is 76.3. The van der Waals surface area contributed by atoms with Crippen LogP contribution in [-0.2, 0) is 28.8 Å². The van der Waals surface area contributed by atoms with Crippen LogP contribution < -0.4 is 104 Å². The maximum Gasteiger partial charge on any atom is 1.00 e. The normalized spacial score (nSPS) is 52.6. The van der Waals surface area contributed by atoms with Crippen LogP contribution in [0.1, 0.15) is 319 Å². The van der Waals surface area contributed by atoms with Crippen molar-refractivity contribution >= 4 is 35.3 Å². The van der Waals surface area contributed by atoms with Gasteiger partial charge in [-0.15, -0.1) is 0 Å². The van der Waals surface area contributed by atoms with Crippen LogP contribution in [0, 0.1) is 151 Å². The van der Waals surface area contributed by atoms with Gasteiger partial charge >= 0.3 is 88.7 Å². The SMILES string of the molecule is CC1(C)C2CC[C@]3(C)C(C(=O)C=C4[C@@H]5C[C@@](C)(C(=O)[O-])CC[C@]5(C)CC[C@]43C)[C@@]2(C)CC[C@@H]1O.CC1(C)C2CC[C@]3(C)C(C(=O)C=C4[C@@H]5C[C@@](C)(C(=O)[O-])CC[C@]5(C)CC[C@]43C)[C@@]2(C)CC[C@@H]1O.CC1(C)C2CC[C@]3(C)C(C(=O)C=C4[C@@H]5C[C@@](C)(C(=O)[O-])CC[C@]5(C)CC[C@]43C)[C@@]2(C)CC[C@@H]1O.[Na+].[Na+].[Na+]. The van der Waals surface area contributed by atoms with Crippen LogP contribution in [0.2, 0.25) is 0 Å². The van der Waals surface area contributed by atoms with Gasteiger partial charge in [-0.2, -0.15) is 0 Å². The Kier molecular flexibility index (Phi) is 22.4. The fourth-order valence-corrected chi connectivity index (χ4v) is 31.1. The predicted octanol–water partition coefficient (Wildman–Crippen LogP) is 6.25. The summed E-state index contributed by atoms with van der Waals surface area (Å²) < 4.78 is 0. The Morgan fingerprint density at radius 3 is 0.733 bits per heavy atom. The molecular formula is C90H135Na3O12. The molecule has 0 aromatic heterocycles. The Morgan fingerprint density at radius 2 is 0.524 bits per heavy atom. The van der Waals surface area contributed by atoms with Gasteiger partial charge in [-0.1, -0.05) is 162 Å². The number of aliphatic hydroxyl groups excluding tert-OH is 3. The van der Waals surface area contributed by atoms with Crippen LogP contribution in [0.4, 0.5) is 0 Å². The summed E-state index contributed by atoms with van der Waals surface area (Å²) in [4.78, 5) is 78.9. The molecule has 0 spiro atoms. The molecule has 6 unspecified atom stereocenters. The summed E-state index contributed by atoms with van der Waals surface area (Å²) in [5.41, 5.74) is -0.234. The van der Waals surface area contributed by atoms with Crippen LogP contribution in [0.25, 0.3) is 0 Å². The van der Waals surface area contributed by atoms with Crippen molar-refractivity contribution in [3.05, 3.63) is 34.9 Å². The average molecular weight is 1480 g/mol. The van der Waals surface area contributed by atoms with Crippen molar-refractivity contribution < 1.29 is 148 Å². The summed E-state index contributed by atoms with van der Waals surface area (Å²) in [5, 5.41) is 68.9. The fraction of sp³-hybridized carbons (Fsp3) is 0.867. The smallest absolute Gasteiger partial charge is 0.550 e. The number of aliphatic hydroxyl groups is 3. The van der Waals surface area contributed by atoms with Crippen molar-refractivity contribution in [2.45, 2.75) is 337 Å². The van der Waals surface area contributed by atoms with E-state index in [1.165, 1.54) is 16.7 Å². The maximum absolute atomic E-state index is 14.2. The summed E-state index contributed by atoms with van der Waals surface area (Å²) in [5.74, 6) is -0.798. The molecule has 0 heterocycles. The number of ketones is 3. The van der Waals surface area contributed by atoms with Crippen LogP contribution in [0.15, 0.2) is 34.9 Å². The number of carbonyl (C=O) groups is 6. The van der Waals surface area contributed by atoms with E-state index < -0.39 is 34.2 Å². The molecule has 0 radical (unpaired) electrons. The van der Waals surface area contributed by atoms with E-state index in [1.807, 2.05) is 39.0 Å². The van der Waals surface area contributed by atoms with E-state index in [4.69, 9.17) is 0 Å². The van der Waals surface area contributed by atoms with Gasteiger partial charge in [-0.3, -0.25) is 14.4 Å². The standard InChI is InChI=1S/3C30H46O4.3Na/c3*1-25(2)21-8-11-30(7)23(28(21,5)10-9-22(25)32)20(31)16-18-19-17-27(4,24(33)34)13-12-26(19,3)14-15-29(18,30)6;;;/h3*16,19,21-23,32H,8-15,17H2,1-7H3,(H,33,34);;;/q;;;3*+1/p-3/t3*19-,21?,22-,23?,26+,27-,28-,29+,30+;;;/m000.../s1. The molecule has 15 rings (SSSR count). The van der Waals surface area contributed by atoms with Gasteiger partial charge in [-0.05, 0) is 308 Å². The molecule has 27 atom stereocenters. The van der Waals surface area contributed by atoms with E-state index in [1.54, 1.807) is 0 Å². The van der Waals surface area contributed by atoms with E-state index in [0.29, 0.717) is 56.3 Å².